The summed E-state index contributed by atoms with van der Waals surface area (Å²) in [7, 11) is 0. The van der Waals surface area contributed by atoms with Crippen LogP contribution in [0.1, 0.15) is 36.5 Å². The second kappa shape index (κ2) is 12.7. The molecule has 0 radical (unpaired) electrons. The molecule has 0 saturated heterocycles. The third kappa shape index (κ3) is 7.71. The van der Waals surface area contributed by atoms with Crippen molar-refractivity contribution in [3.8, 4) is 0 Å². The van der Waals surface area contributed by atoms with Gasteiger partial charge in [-0.2, -0.15) is 0 Å². The van der Waals surface area contributed by atoms with Gasteiger partial charge in [0.25, 0.3) is 11.8 Å². The van der Waals surface area contributed by atoms with Gasteiger partial charge in [-0.25, -0.2) is 5.84 Å². The van der Waals surface area contributed by atoms with Gasteiger partial charge in [0.1, 0.15) is 0 Å². The fourth-order valence-electron chi connectivity index (χ4n) is 3.30. The highest BCUT2D eigenvalue weighted by Crippen LogP contribution is 2.14. The summed E-state index contributed by atoms with van der Waals surface area (Å²) < 4.78 is 0. The van der Waals surface area contributed by atoms with Gasteiger partial charge in [-0.1, -0.05) is 61.9 Å². The first-order valence-corrected chi connectivity index (χ1v) is 11.0. The molecule has 2 aromatic rings. The van der Waals surface area contributed by atoms with Crippen LogP contribution in [-0.4, -0.2) is 45.7 Å². The quantitative estimate of drug-likeness (QED) is 0.288. The fraction of sp³-hybridized carbons (Fsp3) is 0.360. The van der Waals surface area contributed by atoms with E-state index in [9.17, 15) is 19.8 Å². The number of aryl methyl sites for hydroxylation is 1. The number of rotatable bonds is 12. The number of aliphatic hydroxyl groups excluding tert-OH is 2. The maximum absolute atomic E-state index is 12.9. The minimum Gasteiger partial charge on any atom is -0.380 e. The molecule has 0 bridgehead atoms. The number of hydrogen-bond donors (Lipinski definition) is 4. The van der Waals surface area contributed by atoms with Crippen molar-refractivity contribution in [2.75, 3.05) is 11.6 Å². The third-order valence-corrected chi connectivity index (χ3v) is 5.27. The van der Waals surface area contributed by atoms with Crippen molar-refractivity contribution in [3.63, 3.8) is 0 Å². The SMILES string of the molecule is C=CN(N)c1ccc(CNC(=O)[C@H](O)[C@@H](O)C(=O)N(CCCC)Cc2cccc(C)c2)cc1. The molecule has 2 amide bonds. The summed E-state index contributed by atoms with van der Waals surface area (Å²) in [6.45, 7) is 8.39. The van der Waals surface area contributed by atoms with E-state index < -0.39 is 24.0 Å². The lowest BCUT2D eigenvalue weighted by atomic mass is 10.1. The average Bonchev–Trinajstić information content (AvgIpc) is 2.83. The Morgan fingerprint density at radius 1 is 1.12 bits per heavy atom. The van der Waals surface area contributed by atoms with Gasteiger partial charge in [0.15, 0.2) is 12.2 Å². The molecule has 0 aliphatic heterocycles. The van der Waals surface area contributed by atoms with E-state index in [2.05, 4.69) is 11.9 Å². The van der Waals surface area contributed by atoms with Crippen LogP contribution in [0.25, 0.3) is 0 Å². The van der Waals surface area contributed by atoms with E-state index in [1.807, 2.05) is 38.1 Å². The number of aliphatic hydroxyl groups is 2. The molecule has 33 heavy (non-hydrogen) atoms. The van der Waals surface area contributed by atoms with Crippen molar-refractivity contribution >= 4 is 17.5 Å². The van der Waals surface area contributed by atoms with Gasteiger partial charge in [-0.15, -0.1) is 0 Å². The molecule has 0 aliphatic rings. The molecule has 178 valence electrons. The summed E-state index contributed by atoms with van der Waals surface area (Å²) in [5.41, 5.74) is 3.47. The monoisotopic (exact) mass is 454 g/mol. The van der Waals surface area contributed by atoms with E-state index in [4.69, 9.17) is 5.84 Å². The van der Waals surface area contributed by atoms with Gasteiger partial charge in [0, 0.05) is 25.8 Å². The van der Waals surface area contributed by atoms with Crippen molar-refractivity contribution in [3.05, 3.63) is 78.0 Å². The minimum absolute atomic E-state index is 0.124. The molecule has 0 saturated carbocycles. The van der Waals surface area contributed by atoms with Gasteiger partial charge in [0.2, 0.25) is 0 Å². The molecule has 5 N–H and O–H groups in total. The first-order chi connectivity index (χ1) is 15.8. The summed E-state index contributed by atoms with van der Waals surface area (Å²) in [6.07, 6.45) is -0.654. The summed E-state index contributed by atoms with van der Waals surface area (Å²) in [5, 5.41) is 24.7. The normalized spacial score (nSPS) is 12.5. The lowest BCUT2D eigenvalue weighted by molar-refractivity contribution is -0.153. The van der Waals surface area contributed by atoms with Gasteiger partial charge >= 0.3 is 0 Å². The summed E-state index contributed by atoms with van der Waals surface area (Å²) in [4.78, 5) is 26.8. The number of carbonyl (C=O) groups excluding carboxylic acids is 2. The maximum Gasteiger partial charge on any atom is 0.254 e. The van der Waals surface area contributed by atoms with Crippen LogP contribution in [0.2, 0.25) is 0 Å². The minimum atomic E-state index is -1.88. The van der Waals surface area contributed by atoms with Crippen molar-refractivity contribution in [2.24, 2.45) is 5.84 Å². The highest BCUT2D eigenvalue weighted by Gasteiger charge is 2.33. The standard InChI is InChI=1S/C25H34N4O4/c1-4-6-14-28(17-20-9-7-8-18(3)15-20)25(33)23(31)22(30)24(32)27-16-19-10-12-21(13-11-19)29(26)5-2/h5,7-13,15,22-23,30-31H,2,4,6,14,16-17,26H2,1,3H3,(H,27,32)/t22-,23-/m1/s1. The first-order valence-electron chi connectivity index (χ1n) is 11.0. The molecule has 0 unspecified atom stereocenters. The van der Waals surface area contributed by atoms with E-state index in [1.165, 1.54) is 16.1 Å². The van der Waals surface area contributed by atoms with Crippen LogP contribution in [0.5, 0.6) is 0 Å². The molecule has 0 heterocycles. The van der Waals surface area contributed by atoms with E-state index in [1.54, 1.807) is 24.3 Å². The molecule has 2 rings (SSSR count). The molecule has 0 aliphatic carbocycles. The van der Waals surface area contributed by atoms with Crippen LogP contribution < -0.4 is 16.2 Å². The second-order valence-corrected chi connectivity index (χ2v) is 7.97. The number of unbranched alkanes of at least 4 members (excludes halogenated alkanes) is 1. The summed E-state index contributed by atoms with van der Waals surface area (Å²) in [6, 6.07) is 14.8. The first kappa shape index (κ1) is 26.1. The Bertz CT molecular complexity index is 932. The predicted octanol–water partition coefficient (Wildman–Crippen LogP) is 1.99. The number of nitrogens with two attached hydrogens (primary N) is 1. The number of hydrogen-bond acceptors (Lipinski definition) is 6. The molecule has 0 aromatic heterocycles. The molecule has 8 nitrogen and oxygen atoms in total. The lowest BCUT2D eigenvalue weighted by Gasteiger charge is -2.27. The zero-order valence-corrected chi connectivity index (χ0v) is 19.3. The van der Waals surface area contributed by atoms with E-state index in [0.29, 0.717) is 13.1 Å². The van der Waals surface area contributed by atoms with Crippen LogP contribution >= 0.6 is 0 Å². The van der Waals surface area contributed by atoms with E-state index in [0.717, 1.165) is 35.2 Å². The smallest absolute Gasteiger partial charge is 0.254 e. The van der Waals surface area contributed by atoms with Gasteiger partial charge < -0.3 is 20.4 Å². The molecule has 0 spiro atoms. The molecular weight excluding hydrogens is 420 g/mol. The van der Waals surface area contributed by atoms with Gasteiger partial charge in [-0.05, 0) is 36.6 Å². The maximum atomic E-state index is 12.9. The largest absolute Gasteiger partial charge is 0.380 e. The van der Waals surface area contributed by atoms with E-state index >= 15 is 0 Å². The van der Waals surface area contributed by atoms with Crippen molar-refractivity contribution < 1.29 is 19.8 Å². The lowest BCUT2D eigenvalue weighted by Crippen LogP contribution is -2.50. The second-order valence-electron chi connectivity index (χ2n) is 7.97. The van der Waals surface area contributed by atoms with Gasteiger partial charge in [0.05, 0.1) is 5.69 Å². The molecule has 2 aromatic carbocycles. The van der Waals surface area contributed by atoms with Crippen molar-refractivity contribution in [1.29, 1.82) is 0 Å². The Morgan fingerprint density at radius 2 is 1.82 bits per heavy atom. The number of hydrazine groups is 1. The summed E-state index contributed by atoms with van der Waals surface area (Å²) in [5.74, 6) is 4.23. The van der Waals surface area contributed by atoms with Gasteiger partial charge in [-0.3, -0.25) is 14.6 Å². The summed E-state index contributed by atoms with van der Waals surface area (Å²) >= 11 is 0. The Labute approximate surface area is 195 Å². The van der Waals surface area contributed by atoms with Crippen molar-refractivity contribution in [2.45, 2.75) is 52.0 Å². The predicted molar refractivity (Wildman–Crippen MR) is 129 cm³/mol. The van der Waals surface area contributed by atoms with E-state index in [-0.39, 0.29) is 6.54 Å². The zero-order chi connectivity index (χ0) is 24.4. The Morgan fingerprint density at radius 3 is 2.42 bits per heavy atom. The molecular formula is C25H34N4O4. The fourth-order valence-corrected chi connectivity index (χ4v) is 3.30. The molecule has 8 heteroatoms. The average molecular weight is 455 g/mol. The number of nitrogens with zero attached hydrogens (tertiary/aromatic N) is 2. The number of anilines is 1. The van der Waals surface area contributed by atoms with Crippen LogP contribution in [0.4, 0.5) is 5.69 Å². The van der Waals surface area contributed by atoms with Crippen LogP contribution in [0, 0.1) is 6.92 Å². The highest BCUT2D eigenvalue weighted by molar-refractivity contribution is 5.90. The number of carbonyl (C=O) groups is 2. The Hall–Kier alpha value is -3.20. The molecule has 0 fully saturated rings. The van der Waals surface area contributed by atoms with Crippen LogP contribution in [-0.2, 0) is 22.7 Å². The molecule has 2 atom stereocenters. The van der Waals surface area contributed by atoms with Crippen LogP contribution in [0.3, 0.4) is 0 Å². The number of nitrogens with one attached hydrogen (secondary N) is 1. The Balaban J connectivity index is 1.98. The Kier molecular flexibility index (Phi) is 10.1. The topological polar surface area (TPSA) is 119 Å². The highest BCUT2D eigenvalue weighted by atomic mass is 16.3. The third-order valence-electron chi connectivity index (χ3n) is 5.27. The van der Waals surface area contributed by atoms with Crippen LogP contribution in [0.15, 0.2) is 61.3 Å². The number of amides is 2. The number of benzene rings is 2. The van der Waals surface area contributed by atoms with Crippen molar-refractivity contribution in [1.82, 2.24) is 10.2 Å². The zero-order valence-electron chi connectivity index (χ0n) is 19.3.